The van der Waals surface area contributed by atoms with E-state index in [1.807, 2.05) is 0 Å². The number of nitrogens with zero attached hydrogens (tertiary/aromatic N) is 2. The summed E-state index contributed by atoms with van der Waals surface area (Å²) in [6, 6.07) is 8.35. The van der Waals surface area contributed by atoms with Gasteiger partial charge in [-0.25, -0.2) is 4.98 Å². The molecule has 0 unspecified atom stereocenters. The molecule has 0 radical (unpaired) electrons. The van der Waals surface area contributed by atoms with Gasteiger partial charge >= 0.3 is 0 Å². The minimum absolute atomic E-state index is 0.0194. The first kappa shape index (κ1) is 15.0. The summed E-state index contributed by atoms with van der Waals surface area (Å²) in [5.41, 5.74) is 1.28. The second kappa shape index (κ2) is 6.35. The summed E-state index contributed by atoms with van der Waals surface area (Å²) < 4.78 is 2.65. The molecule has 0 saturated heterocycles. The van der Waals surface area contributed by atoms with Gasteiger partial charge < -0.3 is 0 Å². The summed E-state index contributed by atoms with van der Waals surface area (Å²) in [4.78, 5) is 16.0. The minimum Gasteiger partial charge on any atom is -0.276 e. The average molecular weight is 335 g/mol. The normalized spacial score (nSPS) is 11.6. The Labute approximate surface area is 128 Å². The fraction of sp³-hybridized carbons (Fsp3) is 0.375. The summed E-state index contributed by atoms with van der Waals surface area (Å²) in [6.45, 7) is 4.28. The highest BCUT2D eigenvalue weighted by Crippen LogP contribution is 2.28. The lowest BCUT2D eigenvalue weighted by Crippen LogP contribution is -2.21. The highest BCUT2D eigenvalue weighted by Gasteiger charge is 2.22. The largest absolute Gasteiger partial charge is 0.276 e. The molecule has 0 aliphatic heterocycles. The lowest BCUT2D eigenvalue weighted by atomic mass is 9.83. The Balaban J connectivity index is 1.90. The molecule has 0 atom stereocenters. The number of benzene rings is 1. The predicted octanol–water partition coefficient (Wildman–Crippen LogP) is 4.33. The van der Waals surface area contributed by atoms with Crippen LogP contribution in [0.3, 0.4) is 0 Å². The van der Waals surface area contributed by atoms with Crippen molar-refractivity contribution in [1.82, 2.24) is 9.55 Å². The third-order valence-electron chi connectivity index (χ3n) is 3.43. The topological polar surface area (TPSA) is 34.9 Å². The van der Waals surface area contributed by atoms with Crippen molar-refractivity contribution in [2.75, 3.05) is 0 Å². The maximum atomic E-state index is 12.1. The van der Waals surface area contributed by atoms with Crippen molar-refractivity contribution in [2.45, 2.75) is 33.1 Å². The first-order valence-corrected chi connectivity index (χ1v) is 7.51. The molecule has 0 N–H and O–H groups in total. The van der Waals surface area contributed by atoms with Crippen LogP contribution in [-0.4, -0.2) is 15.5 Å². The van der Waals surface area contributed by atoms with Gasteiger partial charge in [0.05, 0.1) is 0 Å². The van der Waals surface area contributed by atoms with Gasteiger partial charge in [-0.05, 0) is 36.0 Å². The van der Waals surface area contributed by atoms with Crippen LogP contribution in [0.25, 0.3) is 0 Å². The number of rotatable bonds is 5. The van der Waals surface area contributed by atoms with Gasteiger partial charge in [-0.15, -0.1) is 0 Å². The molecule has 2 rings (SSSR count). The molecule has 3 nitrogen and oxygen atoms in total. The number of aromatic nitrogens is 2. The van der Waals surface area contributed by atoms with Crippen LogP contribution < -0.4 is 0 Å². The van der Waals surface area contributed by atoms with Crippen LogP contribution in [0.4, 0.5) is 0 Å². The van der Waals surface area contributed by atoms with Gasteiger partial charge in [-0.2, -0.15) is 0 Å². The molecule has 1 aromatic heterocycles. The number of hydrogen-bond donors (Lipinski definition) is 0. The Morgan fingerprint density at radius 3 is 2.60 bits per heavy atom. The monoisotopic (exact) mass is 334 g/mol. The van der Waals surface area contributed by atoms with Crippen molar-refractivity contribution in [2.24, 2.45) is 5.41 Å². The first-order valence-electron chi connectivity index (χ1n) is 6.72. The van der Waals surface area contributed by atoms with Crippen LogP contribution in [0.15, 0.2) is 47.5 Å². The van der Waals surface area contributed by atoms with Crippen molar-refractivity contribution in [3.63, 3.8) is 0 Å². The van der Waals surface area contributed by atoms with E-state index in [1.165, 1.54) is 5.56 Å². The number of halogens is 1. The van der Waals surface area contributed by atoms with Gasteiger partial charge in [0, 0.05) is 23.3 Å². The molecule has 0 spiro atoms. The zero-order chi connectivity index (χ0) is 14.6. The quantitative estimate of drug-likeness (QED) is 0.815. The highest BCUT2D eigenvalue weighted by molar-refractivity contribution is 9.10. The van der Waals surface area contributed by atoms with Crippen molar-refractivity contribution < 1.29 is 4.79 Å². The van der Waals surface area contributed by atoms with Gasteiger partial charge in [-0.3, -0.25) is 9.36 Å². The van der Waals surface area contributed by atoms with Crippen molar-refractivity contribution in [3.05, 3.63) is 53.0 Å². The van der Waals surface area contributed by atoms with E-state index in [-0.39, 0.29) is 11.3 Å². The third kappa shape index (κ3) is 4.30. The van der Waals surface area contributed by atoms with E-state index < -0.39 is 0 Å². The van der Waals surface area contributed by atoms with Crippen LogP contribution in [0.5, 0.6) is 0 Å². The van der Waals surface area contributed by atoms with Gasteiger partial charge in [0.15, 0.2) is 0 Å². The van der Waals surface area contributed by atoms with Crippen molar-refractivity contribution in [3.8, 4) is 0 Å². The molecule has 1 heterocycles. The molecule has 0 amide bonds. The molecule has 0 bridgehead atoms. The molecule has 0 saturated carbocycles. The van der Waals surface area contributed by atoms with Crippen LogP contribution in [0, 0.1) is 5.41 Å². The van der Waals surface area contributed by atoms with Crippen LogP contribution in [0.1, 0.15) is 37.0 Å². The van der Waals surface area contributed by atoms with Crippen molar-refractivity contribution >= 4 is 21.8 Å². The number of carbonyl (C=O) groups excluding carboxylic acids is 1. The van der Waals surface area contributed by atoms with Gasteiger partial charge in [0.2, 0.25) is 5.91 Å². The van der Waals surface area contributed by atoms with Gasteiger partial charge in [-0.1, -0.05) is 41.9 Å². The van der Waals surface area contributed by atoms with E-state index in [0.29, 0.717) is 6.42 Å². The zero-order valence-corrected chi connectivity index (χ0v) is 13.4. The summed E-state index contributed by atoms with van der Waals surface area (Å²) in [5.74, 6) is 0.100. The molecule has 106 valence electrons. The Hall–Kier alpha value is -1.42. The predicted molar refractivity (Wildman–Crippen MR) is 83.7 cm³/mol. The Bertz CT molecular complexity index is 559. The fourth-order valence-corrected chi connectivity index (χ4v) is 2.39. The average Bonchev–Trinajstić information content (AvgIpc) is 2.91. The first-order chi connectivity index (χ1) is 9.46. The zero-order valence-electron chi connectivity index (χ0n) is 11.8. The molecule has 2 aromatic rings. The Morgan fingerprint density at radius 2 is 2.00 bits per heavy atom. The molecule has 0 fully saturated rings. The molecular formula is C16H19BrN2O. The molecule has 4 heteroatoms. The number of hydrogen-bond acceptors (Lipinski definition) is 2. The van der Waals surface area contributed by atoms with Gasteiger partial charge in [0.1, 0.15) is 6.33 Å². The van der Waals surface area contributed by atoms with E-state index in [0.717, 1.165) is 17.3 Å². The number of imidazole rings is 1. The van der Waals surface area contributed by atoms with E-state index >= 15 is 0 Å². The fourth-order valence-electron chi connectivity index (χ4n) is 2.13. The molecular weight excluding hydrogens is 316 g/mol. The molecule has 0 aliphatic rings. The molecule has 0 aliphatic carbocycles. The minimum atomic E-state index is -0.0194. The Morgan fingerprint density at radius 1 is 1.30 bits per heavy atom. The number of aryl methyl sites for hydroxylation is 1. The SMILES string of the molecule is CC(C)(CCc1ccc(Br)cc1)CC(=O)n1ccnc1. The standard InChI is InChI=1S/C16H19BrN2O/c1-16(2,11-15(20)19-10-9-18-12-19)8-7-13-3-5-14(17)6-4-13/h3-6,9-10,12H,7-8,11H2,1-2H3. The maximum absolute atomic E-state index is 12.1. The van der Waals surface area contributed by atoms with Crippen LogP contribution in [-0.2, 0) is 6.42 Å². The summed E-state index contributed by atoms with van der Waals surface area (Å²) in [7, 11) is 0. The Kier molecular flexibility index (Phi) is 4.76. The summed E-state index contributed by atoms with van der Waals surface area (Å²) in [5, 5.41) is 0. The summed E-state index contributed by atoms with van der Waals surface area (Å²) >= 11 is 3.44. The smallest absolute Gasteiger partial charge is 0.232 e. The maximum Gasteiger partial charge on any atom is 0.232 e. The lowest BCUT2D eigenvalue weighted by Gasteiger charge is -2.23. The molecule has 1 aromatic carbocycles. The number of carbonyl (C=O) groups is 1. The van der Waals surface area contributed by atoms with E-state index in [1.54, 1.807) is 23.3 Å². The lowest BCUT2D eigenvalue weighted by molar-refractivity contribution is 0.0842. The summed E-state index contributed by atoms with van der Waals surface area (Å²) in [6.07, 6.45) is 7.39. The van der Waals surface area contributed by atoms with Crippen LogP contribution in [0.2, 0.25) is 0 Å². The van der Waals surface area contributed by atoms with E-state index in [2.05, 4.69) is 59.0 Å². The molecule has 20 heavy (non-hydrogen) atoms. The van der Waals surface area contributed by atoms with Gasteiger partial charge in [0.25, 0.3) is 0 Å². The highest BCUT2D eigenvalue weighted by atomic mass is 79.9. The third-order valence-corrected chi connectivity index (χ3v) is 3.95. The van der Waals surface area contributed by atoms with Crippen molar-refractivity contribution in [1.29, 1.82) is 0 Å². The second-order valence-corrected chi connectivity index (χ2v) is 6.75. The van der Waals surface area contributed by atoms with E-state index in [9.17, 15) is 4.79 Å². The van der Waals surface area contributed by atoms with Crippen LogP contribution >= 0.6 is 15.9 Å². The van der Waals surface area contributed by atoms with E-state index in [4.69, 9.17) is 0 Å². The second-order valence-electron chi connectivity index (χ2n) is 5.83.